The molecule has 0 saturated carbocycles. The summed E-state index contributed by atoms with van der Waals surface area (Å²) < 4.78 is 0. The molecule has 0 saturated heterocycles. The van der Waals surface area contributed by atoms with E-state index in [0.717, 1.165) is 0 Å². The SMILES string of the molecule is O.O.[Cr+3].[OH-].[OH-].[OH-]. The van der Waals surface area contributed by atoms with Crippen LogP contribution in [0.3, 0.4) is 0 Å². The second kappa shape index (κ2) is 906. The first-order chi connectivity index (χ1) is 0. The van der Waals surface area contributed by atoms with Crippen molar-refractivity contribution in [2.24, 2.45) is 0 Å². The van der Waals surface area contributed by atoms with E-state index in [0.29, 0.717) is 0 Å². The minimum absolute atomic E-state index is 0. The summed E-state index contributed by atoms with van der Waals surface area (Å²) in [5.41, 5.74) is 0. The van der Waals surface area contributed by atoms with Crippen molar-refractivity contribution < 1.29 is 44.7 Å². The molecule has 43 valence electrons. The van der Waals surface area contributed by atoms with E-state index in [1.807, 2.05) is 0 Å². The third-order valence-corrected chi connectivity index (χ3v) is 0. The van der Waals surface area contributed by atoms with Gasteiger partial charge in [-0.05, 0) is 0 Å². The van der Waals surface area contributed by atoms with Gasteiger partial charge in [-0.3, -0.25) is 0 Å². The predicted molar refractivity (Wildman–Crippen MR) is 13.0 cm³/mol. The van der Waals surface area contributed by atoms with E-state index >= 15 is 0 Å². The van der Waals surface area contributed by atoms with Crippen molar-refractivity contribution in [1.82, 2.24) is 0 Å². The Hall–Kier alpha value is 0.332. The van der Waals surface area contributed by atoms with Crippen LogP contribution >= 0.6 is 0 Å². The zero-order chi connectivity index (χ0) is 0. The fourth-order valence-electron chi connectivity index (χ4n) is 0. The van der Waals surface area contributed by atoms with E-state index in [-0.39, 0.29) is 44.7 Å². The van der Waals surface area contributed by atoms with Gasteiger partial charge in [0.2, 0.25) is 0 Å². The molecular formula is H7CrO5. The quantitative estimate of drug-likeness (QED) is 0.374. The molecular weight excluding hydrogens is 132 g/mol. The summed E-state index contributed by atoms with van der Waals surface area (Å²) in [7, 11) is 0. The summed E-state index contributed by atoms with van der Waals surface area (Å²) in [6.45, 7) is 0. The summed E-state index contributed by atoms with van der Waals surface area (Å²) in [6, 6.07) is 0. The van der Waals surface area contributed by atoms with Crippen LogP contribution in [-0.2, 0) is 17.4 Å². The first kappa shape index (κ1) is 1630. The van der Waals surface area contributed by atoms with E-state index in [9.17, 15) is 0 Å². The van der Waals surface area contributed by atoms with Crippen LogP contribution in [-0.4, -0.2) is 27.4 Å². The van der Waals surface area contributed by atoms with Crippen LogP contribution < -0.4 is 0 Å². The van der Waals surface area contributed by atoms with Gasteiger partial charge in [0, 0.05) is 0 Å². The van der Waals surface area contributed by atoms with Crippen molar-refractivity contribution in [1.29, 1.82) is 0 Å². The summed E-state index contributed by atoms with van der Waals surface area (Å²) in [5.74, 6) is 0. The fourth-order valence-corrected chi connectivity index (χ4v) is 0. The maximum Gasteiger partial charge on any atom is 3.00 e. The fraction of sp³-hybridized carbons (Fsp3) is 0. The summed E-state index contributed by atoms with van der Waals surface area (Å²) in [5, 5.41) is 0. The van der Waals surface area contributed by atoms with Crippen LogP contribution in [0.1, 0.15) is 0 Å². The second-order valence-corrected chi connectivity index (χ2v) is 0. The molecule has 0 aromatic carbocycles. The van der Waals surface area contributed by atoms with E-state index in [1.165, 1.54) is 0 Å². The molecule has 0 heterocycles. The van der Waals surface area contributed by atoms with Crippen LogP contribution in [0.15, 0.2) is 0 Å². The Morgan fingerprint density at radius 1 is 0.500 bits per heavy atom. The molecule has 0 aromatic rings. The van der Waals surface area contributed by atoms with Crippen molar-refractivity contribution in [3.05, 3.63) is 0 Å². The van der Waals surface area contributed by atoms with Gasteiger partial charge in [0.15, 0.2) is 0 Å². The van der Waals surface area contributed by atoms with Gasteiger partial charge in [-0.15, -0.1) is 0 Å². The Labute approximate surface area is 45.6 Å². The van der Waals surface area contributed by atoms with Crippen molar-refractivity contribution >= 4 is 0 Å². The predicted octanol–water partition coefficient (Wildman–Crippen LogP) is -2.18. The van der Waals surface area contributed by atoms with E-state index < -0.39 is 0 Å². The number of hydrogen-bond acceptors (Lipinski definition) is 3. The zero-order valence-corrected chi connectivity index (χ0v) is 4.02. The molecule has 0 unspecified atom stereocenters. The van der Waals surface area contributed by atoms with E-state index in [2.05, 4.69) is 0 Å². The minimum Gasteiger partial charge on any atom is -0.870 e. The van der Waals surface area contributed by atoms with Gasteiger partial charge in [0.1, 0.15) is 0 Å². The molecule has 7 N–H and O–H groups in total. The van der Waals surface area contributed by atoms with E-state index in [1.54, 1.807) is 0 Å². The smallest absolute Gasteiger partial charge is 0.870 e. The molecule has 1 radical (unpaired) electrons. The van der Waals surface area contributed by atoms with Gasteiger partial charge in [-0.2, -0.15) is 0 Å². The molecule has 0 aliphatic carbocycles. The third kappa shape index (κ3) is 435. The second-order valence-electron chi connectivity index (χ2n) is 0. The van der Waals surface area contributed by atoms with Crippen molar-refractivity contribution in [3.63, 3.8) is 0 Å². The van der Waals surface area contributed by atoms with Crippen LogP contribution in [0.5, 0.6) is 0 Å². The number of rotatable bonds is 0. The molecule has 0 aromatic heterocycles. The normalized spacial score (nSPS) is 0. The van der Waals surface area contributed by atoms with Gasteiger partial charge in [-0.25, -0.2) is 0 Å². The maximum absolute atomic E-state index is 0. The third-order valence-electron chi connectivity index (χ3n) is 0. The molecule has 5 nitrogen and oxygen atoms in total. The van der Waals surface area contributed by atoms with E-state index in [4.69, 9.17) is 0 Å². The van der Waals surface area contributed by atoms with Crippen molar-refractivity contribution in [3.8, 4) is 0 Å². The largest absolute Gasteiger partial charge is 3.00 e. The Morgan fingerprint density at radius 2 is 0.500 bits per heavy atom. The molecule has 6 heavy (non-hydrogen) atoms. The molecule has 0 atom stereocenters. The topological polar surface area (TPSA) is 153 Å². The molecule has 0 aliphatic rings. The first-order valence-electron chi connectivity index (χ1n) is 0. The Morgan fingerprint density at radius 3 is 0.500 bits per heavy atom. The molecule has 0 aliphatic heterocycles. The zero-order valence-electron chi connectivity index (χ0n) is 2.75. The minimum atomic E-state index is 0. The van der Waals surface area contributed by atoms with Crippen LogP contribution in [0, 0.1) is 0 Å². The van der Waals surface area contributed by atoms with Gasteiger partial charge >= 0.3 is 17.4 Å². The Balaban J connectivity index is 0. The van der Waals surface area contributed by atoms with Crippen LogP contribution in [0.4, 0.5) is 0 Å². The first-order valence-corrected chi connectivity index (χ1v) is 0. The Kier molecular flexibility index (Phi) is 246000. The summed E-state index contributed by atoms with van der Waals surface area (Å²) in [6.07, 6.45) is 0. The summed E-state index contributed by atoms with van der Waals surface area (Å²) in [4.78, 5) is 0. The monoisotopic (exact) mass is 139 g/mol. The molecule has 0 spiro atoms. The molecule has 0 amide bonds. The van der Waals surface area contributed by atoms with Crippen molar-refractivity contribution in [2.45, 2.75) is 0 Å². The average Bonchev–Trinajstić information content (AvgIpc) is 0. The van der Waals surface area contributed by atoms with Gasteiger partial charge in [-0.1, -0.05) is 0 Å². The molecule has 6 heteroatoms. The van der Waals surface area contributed by atoms with Gasteiger partial charge in [0.25, 0.3) is 0 Å². The standard InChI is InChI=1S/Cr.5H2O/h;5*1H2/q+3;;;;;/p-3. The average molecular weight is 139 g/mol. The Bertz CT molecular complexity index is 3.90. The van der Waals surface area contributed by atoms with Gasteiger partial charge in [0.05, 0.1) is 0 Å². The summed E-state index contributed by atoms with van der Waals surface area (Å²) >= 11 is 0. The van der Waals surface area contributed by atoms with Crippen LogP contribution in [0.2, 0.25) is 0 Å². The number of hydrogen-bond donors (Lipinski definition) is 0. The molecule has 0 rings (SSSR count). The van der Waals surface area contributed by atoms with Crippen LogP contribution in [0.25, 0.3) is 0 Å². The maximum atomic E-state index is 0. The molecule has 0 bridgehead atoms. The van der Waals surface area contributed by atoms with Gasteiger partial charge < -0.3 is 27.4 Å². The molecule has 0 fully saturated rings. The van der Waals surface area contributed by atoms with Crippen molar-refractivity contribution in [2.75, 3.05) is 0 Å².